The second kappa shape index (κ2) is 3.77. The molecule has 2 amide bonds. The average Bonchev–Trinajstić information content (AvgIpc) is 2.08. The largest absolute Gasteiger partial charge is 0.388 e. The van der Waals surface area contributed by atoms with Gasteiger partial charge in [0, 0.05) is 6.54 Å². The van der Waals surface area contributed by atoms with E-state index in [-0.39, 0.29) is 6.54 Å². The molecule has 4 N–H and O–H groups in total. The van der Waals surface area contributed by atoms with E-state index in [1.54, 1.807) is 0 Å². The number of urea groups is 1. The Morgan fingerprint density at radius 3 is 2.29 bits per heavy atom. The third kappa shape index (κ3) is 3.18. The number of amides is 2. The number of aliphatic hydroxyl groups is 1. The fraction of sp³-hybridized carbons (Fsp3) is 0.900. The molecule has 0 aromatic rings. The highest BCUT2D eigenvalue weighted by molar-refractivity contribution is 5.71. The maximum absolute atomic E-state index is 10.5. The van der Waals surface area contributed by atoms with Crippen molar-refractivity contribution in [3.05, 3.63) is 0 Å². The number of hydrogen-bond acceptors (Lipinski definition) is 2. The first kappa shape index (κ1) is 11.3. The van der Waals surface area contributed by atoms with E-state index < -0.39 is 11.6 Å². The van der Waals surface area contributed by atoms with E-state index in [1.807, 2.05) is 0 Å². The van der Waals surface area contributed by atoms with Gasteiger partial charge in [0.05, 0.1) is 5.60 Å². The summed E-state index contributed by atoms with van der Waals surface area (Å²) in [6, 6.07) is -0.566. The Morgan fingerprint density at radius 2 is 1.86 bits per heavy atom. The normalized spacial score (nSPS) is 24.2. The number of carbonyl (C=O) groups excluding carboxylic acids is 1. The van der Waals surface area contributed by atoms with Gasteiger partial charge in [0.2, 0.25) is 0 Å². The second-order valence-electron chi connectivity index (χ2n) is 5.11. The molecule has 82 valence electrons. The lowest BCUT2D eigenvalue weighted by Crippen LogP contribution is -2.47. The number of nitrogens with two attached hydrogens (primary N) is 1. The molecule has 0 bridgehead atoms. The van der Waals surface area contributed by atoms with Gasteiger partial charge in [0.25, 0.3) is 0 Å². The van der Waals surface area contributed by atoms with Crippen LogP contribution in [0.15, 0.2) is 0 Å². The first-order chi connectivity index (χ1) is 6.33. The Bertz CT molecular complexity index is 216. The van der Waals surface area contributed by atoms with Crippen LogP contribution in [0.3, 0.4) is 0 Å². The van der Waals surface area contributed by atoms with Crippen LogP contribution in [-0.4, -0.2) is 23.3 Å². The minimum atomic E-state index is -0.745. The van der Waals surface area contributed by atoms with Crippen molar-refractivity contribution >= 4 is 6.03 Å². The number of hydrogen-bond donors (Lipinski definition) is 3. The molecule has 0 spiro atoms. The quantitative estimate of drug-likeness (QED) is 0.621. The van der Waals surface area contributed by atoms with Crippen molar-refractivity contribution in [3.63, 3.8) is 0 Å². The van der Waals surface area contributed by atoms with E-state index in [0.717, 1.165) is 25.7 Å². The van der Waals surface area contributed by atoms with Gasteiger partial charge in [-0.15, -0.1) is 0 Å². The van der Waals surface area contributed by atoms with Crippen molar-refractivity contribution in [1.29, 1.82) is 0 Å². The van der Waals surface area contributed by atoms with Crippen LogP contribution in [0.2, 0.25) is 0 Å². The summed E-state index contributed by atoms with van der Waals surface area (Å²) in [5.74, 6) is 0. The summed E-state index contributed by atoms with van der Waals surface area (Å²) in [6.07, 6.45) is 3.45. The fourth-order valence-electron chi connectivity index (χ4n) is 1.82. The van der Waals surface area contributed by atoms with E-state index in [2.05, 4.69) is 19.2 Å². The van der Waals surface area contributed by atoms with Gasteiger partial charge in [-0.1, -0.05) is 13.8 Å². The highest BCUT2D eigenvalue weighted by Gasteiger charge is 2.36. The molecule has 0 aliphatic heterocycles. The summed E-state index contributed by atoms with van der Waals surface area (Å²) < 4.78 is 0. The molecular formula is C10H20N2O2. The van der Waals surface area contributed by atoms with Crippen molar-refractivity contribution in [2.24, 2.45) is 11.1 Å². The lowest BCUT2D eigenvalue weighted by molar-refractivity contribution is -0.0221. The van der Waals surface area contributed by atoms with Crippen LogP contribution in [-0.2, 0) is 0 Å². The van der Waals surface area contributed by atoms with Crippen molar-refractivity contribution in [3.8, 4) is 0 Å². The van der Waals surface area contributed by atoms with Gasteiger partial charge in [-0.3, -0.25) is 0 Å². The molecule has 0 atom stereocenters. The zero-order valence-electron chi connectivity index (χ0n) is 8.97. The van der Waals surface area contributed by atoms with E-state index in [1.165, 1.54) is 0 Å². The standard InChI is InChI=1S/C10H20N2O2/c1-9(2)3-5-10(14,6-4-9)7-12-8(11)13/h14H,3-7H2,1-2H3,(H3,11,12,13). The summed E-state index contributed by atoms with van der Waals surface area (Å²) in [5.41, 5.74) is 4.53. The molecule has 4 heteroatoms. The summed E-state index contributed by atoms with van der Waals surface area (Å²) in [7, 11) is 0. The zero-order valence-corrected chi connectivity index (χ0v) is 8.97. The molecule has 1 aliphatic carbocycles. The summed E-state index contributed by atoms with van der Waals surface area (Å²) in [4.78, 5) is 10.5. The molecule has 1 fully saturated rings. The Hall–Kier alpha value is -0.770. The Balaban J connectivity index is 2.41. The Kier molecular flexibility index (Phi) is 3.04. The van der Waals surface area contributed by atoms with Crippen LogP contribution >= 0.6 is 0 Å². The van der Waals surface area contributed by atoms with Gasteiger partial charge in [0.15, 0.2) is 0 Å². The molecular weight excluding hydrogens is 180 g/mol. The highest BCUT2D eigenvalue weighted by Crippen LogP contribution is 2.39. The monoisotopic (exact) mass is 200 g/mol. The number of carbonyl (C=O) groups is 1. The average molecular weight is 200 g/mol. The van der Waals surface area contributed by atoms with Gasteiger partial charge in [-0.2, -0.15) is 0 Å². The minimum absolute atomic E-state index is 0.276. The number of rotatable bonds is 2. The molecule has 0 radical (unpaired) electrons. The van der Waals surface area contributed by atoms with E-state index in [4.69, 9.17) is 5.73 Å². The van der Waals surface area contributed by atoms with Gasteiger partial charge >= 0.3 is 6.03 Å². The van der Waals surface area contributed by atoms with Gasteiger partial charge in [-0.25, -0.2) is 4.79 Å². The smallest absolute Gasteiger partial charge is 0.312 e. The third-order valence-corrected chi connectivity index (χ3v) is 3.13. The van der Waals surface area contributed by atoms with Crippen LogP contribution in [0.1, 0.15) is 39.5 Å². The lowest BCUT2D eigenvalue weighted by atomic mass is 9.71. The van der Waals surface area contributed by atoms with Crippen LogP contribution in [0.5, 0.6) is 0 Å². The van der Waals surface area contributed by atoms with Gasteiger partial charge in [-0.05, 0) is 31.1 Å². The Labute approximate surface area is 84.9 Å². The molecule has 14 heavy (non-hydrogen) atoms. The third-order valence-electron chi connectivity index (χ3n) is 3.13. The Morgan fingerprint density at radius 1 is 1.36 bits per heavy atom. The molecule has 1 rings (SSSR count). The molecule has 4 nitrogen and oxygen atoms in total. The SMILES string of the molecule is CC1(C)CCC(O)(CNC(N)=O)CC1. The van der Waals surface area contributed by atoms with Gasteiger partial charge in [0.1, 0.15) is 0 Å². The van der Waals surface area contributed by atoms with Crippen LogP contribution in [0.25, 0.3) is 0 Å². The van der Waals surface area contributed by atoms with E-state index in [9.17, 15) is 9.90 Å². The molecule has 0 unspecified atom stereocenters. The first-order valence-electron chi connectivity index (χ1n) is 5.09. The van der Waals surface area contributed by atoms with E-state index >= 15 is 0 Å². The maximum Gasteiger partial charge on any atom is 0.312 e. The molecule has 0 aromatic heterocycles. The predicted molar refractivity (Wildman–Crippen MR) is 54.8 cm³/mol. The topological polar surface area (TPSA) is 75.3 Å². The van der Waals surface area contributed by atoms with Crippen molar-refractivity contribution in [1.82, 2.24) is 5.32 Å². The molecule has 0 heterocycles. The lowest BCUT2D eigenvalue weighted by Gasteiger charge is -2.40. The predicted octanol–water partition coefficient (Wildman–Crippen LogP) is 0.986. The van der Waals surface area contributed by atoms with Crippen LogP contribution < -0.4 is 11.1 Å². The molecule has 0 saturated heterocycles. The van der Waals surface area contributed by atoms with Crippen LogP contribution in [0.4, 0.5) is 4.79 Å². The van der Waals surface area contributed by atoms with Crippen molar-refractivity contribution < 1.29 is 9.90 Å². The van der Waals surface area contributed by atoms with Crippen LogP contribution in [0, 0.1) is 5.41 Å². The second-order valence-corrected chi connectivity index (χ2v) is 5.11. The molecule has 1 saturated carbocycles. The molecule has 0 aromatic carbocycles. The van der Waals surface area contributed by atoms with Gasteiger partial charge < -0.3 is 16.2 Å². The number of primary amides is 1. The number of nitrogens with one attached hydrogen (secondary N) is 1. The van der Waals surface area contributed by atoms with E-state index in [0.29, 0.717) is 5.41 Å². The highest BCUT2D eigenvalue weighted by atomic mass is 16.3. The fourth-order valence-corrected chi connectivity index (χ4v) is 1.82. The first-order valence-corrected chi connectivity index (χ1v) is 5.09. The maximum atomic E-state index is 10.5. The zero-order chi connectivity index (χ0) is 10.8. The molecule has 1 aliphatic rings. The van der Waals surface area contributed by atoms with Crippen molar-refractivity contribution in [2.45, 2.75) is 45.1 Å². The van der Waals surface area contributed by atoms with Crippen molar-refractivity contribution in [2.75, 3.05) is 6.54 Å². The summed E-state index contributed by atoms with van der Waals surface area (Å²) in [5, 5.41) is 12.6. The summed E-state index contributed by atoms with van der Waals surface area (Å²) >= 11 is 0. The summed E-state index contributed by atoms with van der Waals surface area (Å²) in [6.45, 7) is 4.68. The minimum Gasteiger partial charge on any atom is -0.388 e.